The number of benzene rings is 1. The zero-order valence-corrected chi connectivity index (χ0v) is 18.4. The maximum atomic E-state index is 13.2. The predicted molar refractivity (Wildman–Crippen MR) is 120 cm³/mol. The number of nitrogens with zero attached hydrogens (tertiary/aromatic N) is 5. The fraction of sp³-hybridized carbons (Fsp3) is 0.409. The molecular weight excluding hydrogens is 394 g/mol. The van der Waals surface area contributed by atoms with Crippen LogP contribution in [-0.2, 0) is 0 Å². The molecule has 1 aromatic carbocycles. The number of hydrogen-bond donors (Lipinski definition) is 2. The number of rotatable bonds is 4. The van der Waals surface area contributed by atoms with E-state index in [1.54, 1.807) is 18.5 Å². The van der Waals surface area contributed by atoms with Crippen LogP contribution in [0.2, 0.25) is 0 Å². The Balaban J connectivity index is 1.76. The van der Waals surface area contributed by atoms with Crippen molar-refractivity contribution in [3.63, 3.8) is 0 Å². The Bertz CT molecular complexity index is 1120. The molecule has 2 aromatic heterocycles. The van der Waals surface area contributed by atoms with E-state index < -0.39 is 0 Å². The van der Waals surface area contributed by atoms with Gasteiger partial charge in [0.25, 0.3) is 5.91 Å². The first kappa shape index (κ1) is 20.9. The molecule has 9 heteroatoms. The van der Waals surface area contributed by atoms with Crippen LogP contribution in [-0.4, -0.2) is 58.1 Å². The van der Waals surface area contributed by atoms with Crippen molar-refractivity contribution >= 4 is 28.3 Å². The number of carbonyl (C=O) groups is 1. The van der Waals surface area contributed by atoms with E-state index in [4.69, 9.17) is 4.74 Å². The molecule has 1 fully saturated rings. The van der Waals surface area contributed by atoms with Crippen LogP contribution >= 0.6 is 0 Å². The fourth-order valence-corrected chi connectivity index (χ4v) is 4.07. The third-order valence-corrected chi connectivity index (χ3v) is 5.33. The van der Waals surface area contributed by atoms with E-state index in [1.165, 1.54) is 7.11 Å². The van der Waals surface area contributed by atoms with E-state index in [0.29, 0.717) is 34.7 Å². The molecule has 2 N–H and O–H groups in total. The second kappa shape index (κ2) is 8.43. The van der Waals surface area contributed by atoms with Crippen molar-refractivity contribution in [1.29, 1.82) is 0 Å². The number of hydrogen-bond acceptors (Lipinski definition) is 8. The van der Waals surface area contributed by atoms with Crippen LogP contribution in [0.3, 0.4) is 0 Å². The molecule has 9 nitrogen and oxygen atoms in total. The third-order valence-electron chi connectivity index (χ3n) is 5.33. The van der Waals surface area contributed by atoms with Crippen molar-refractivity contribution in [2.75, 3.05) is 30.4 Å². The van der Waals surface area contributed by atoms with E-state index in [0.717, 1.165) is 29.9 Å². The molecule has 2 atom stereocenters. The van der Waals surface area contributed by atoms with E-state index in [2.05, 4.69) is 49.3 Å². The van der Waals surface area contributed by atoms with Gasteiger partial charge in [-0.25, -0.2) is 9.97 Å². The number of anilines is 2. The van der Waals surface area contributed by atoms with Gasteiger partial charge in [-0.1, -0.05) is 0 Å². The molecule has 31 heavy (non-hydrogen) atoms. The Morgan fingerprint density at radius 2 is 1.87 bits per heavy atom. The van der Waals surface area contributed by atoms with Crippen molar-refractivity contribution in [2.24, 2.45) is 0 Å². The summed E-state index contributed by atoms with van der Waals surface area (Å²) >= 11 is 0. The molecule has 4 rings (SSSR count). The molecule has 1 aliphatic rings. The maximum Gasteiger partial charge on any atom is 0.316 e. The average Bonchev–Trinajstić information content (AvgIpc) is 2.73. The minimum atomic E-state index is -0.305. The molecule has 3 heterocycles. The molecule has 162 valence electrons. The van der Waals surface area contributed by atoms with Crippen molar-refractivity contribution < 1.29 is 9.53 Å². The van der Waals surface area contributed by atoms with Crippen LogP contribution in [0.5, 0.6) is 6.01 Å². The first-order valence-electron chi connectivity index (χ1n) is 10.3. The van der Waals surface area contributed by atoms with Crippen LogP contribution in [0.15, 0.2) is 24.5 Å². The molecule has 3 aromatic rings. The maximum absolute atomic E-state index is 13.2. The van der Waals surface area contributed by atoms with Crippen molar-refractivity contribution in [1.82, 2.24) is 25.3 Å². The highest BCUT2D eigenvalue weighted by Crippen LogP contribution is 2.31. The predicted octanol–water partition coefficient (Wildman–Crippen LogP) is 2.48. The lowest BCUT2D eigenvalue weighted by Gasteiger charge is -2.38. The molecule has 0 radical (unpaired) electrons. The van der Waals surface area contributed by atoms with Crippen molar-refractivity contribution in [3.05, 3.63) is 41.5 Å². The highest BCUT2D eigenvalue weighted by atomic mass is 16.5. The summed E-state index contributed by atoms with van der Waals surface area (Å²) in [6.45, 7) is 9.71. The number of carbonyl (C=O) groups excluding carboxylic acids is 1. The first-order valence-corrected chi connectivity index (χ1v) is 10.3. The second-order valence-electron chi connectivity index (χ2n) is 8.02. The van der Waals surface area contributed by atoms with Gasteiger partial charge in [0.2, 0.25) is 0 Å². The van der Waals surface area contributed by atoms with E-state index in [9.17, 15) is 4.79 Å². The Hall–Kier alpha value is -3.33. The Labute approximate surface area is 181 Å². The average molecular weight is 422 g/mol. The van der Waals surface area contributed by atoms with Gasteiger partial charge in [0, 0.05) is 42.4 Å². The molecule has 1 amide bonds. The highest BCUT2D eigenvalue weighted by Gasteiger charge is 2.25. The summed E-state index contributed by atoms with van der Waals surface area (Å²) in [5.41, 5.74) is 3.42. The van der Waals surface area contributed by atoms with E-state index >= 15 is 0 Å². The molecule has 0 unspecified atom stereocenters. The van der Waals surface area contributed by atoms with Gasteiger partial charge >= 0.3 is 6.01 Å². The van der Waals surface area contributed by atoms with Gasteiger partial charge in [-0.15, -0.1) is 0 Å². The largest absolute Gasteiger partial charge is 0.467 e. The first-order chi connectivity index (χ1) is 14.9. The zero-order valence-electron chi connectivity index (χ0n) is 18.4. The lowest BCUT2D eigenvalue weighted by molar-refractivity contribution is 0.102. The molecular formula is C22H27N7O2. The summed E-state index contributed by atoms with van der Waals surface area (Å²) in [6, 6.07) is 4.68. The normalized spacial score (nSPS) is 18.8. The van der Waals surface area contributed by atoms with Gasteiger partial charge < -0.3 is 20.3 Å². The number of aromatic nitrogens is 4. The fourth-order valence-electron chi connectivity index (χ4n) is 4.07. The number of piperazine rings is 1. The summed E-state index contributed by atoms with van der Waals surface area (Å²) in [7, 11) is 1.51. The number of amides is 1. The standard InChI is InChI=1S/C22H27N7O2/c1-12-8-23-20(15(4)26-12)28-21(30)16-6-7-18(29-10-13(2)25-14(3)11-29)17-9-24-22(31-5)27-19(16)17/h6-9,13-14,25H,10-11H2,1-5H3,(H,23,28,30)/t13-,14+. The Morgan fingerprint density at radius 1 is 1.13 bits per heavy atom. The third kappa shape index (κ3) is 4.27. The minimum Gasteiger partial charge on any atom is -0.467 e. The molecule has 0 bridgehead atoms. The second-order valence-corrected chi connectivity index (χ2v) is 8.02. The molecule has 0 spiro atoms. The number of methoxy groups -OCH3 is 1. The Morgan fingerprint density at radius 3 is 2.55 bits per heavy atom. The molecule has 1 saturated heterocycles. The van der Waals surface area contributed by atoms with Gasteiger partial charge in [-0.05, 0) is 39.8 Å². The Kier molecular flexibility index (Phi) is 5.69. The summed E-state index contributed by atoms with van der Waals surface area (Å²) < 4.78 is 5.23. The van der Waals surface area contributed by atoms with Gasteiger partial charge in [-0.3, -0.25) is 9.78 Å². The minimum absolute atomic E-state index is 0.215. The van der Waals surface area contributed by atoms with Crippen LogP contribution in [0.4, 0.5) is 11.5 Å². The smallest absolute Gasteiger partial charge is 0.316 e. The van der Waals surface area contributed by atoms with Gasteiger partial charge in [0.1, 0.15) is 0 Å². The van der Waals surface area contributed by atoms with Crippen LogP contribution in [0.1, 0.15) is 35.6 Å². The van der Waals surface area contributed by atoms with Gasteiger partial charge in [0.15, 0.2) is 5.82 Å². The van der Waals surface area contributed by atoms with Crippen molar-refractivity contribution in [3.8, 4) is 6.01 Å². The van der Waals surface area contributed by atoms with Crippen LogP contribution < -0.4 is 20.3 Å². The summed E-state index contributed by atoms with van der Waals surface area (Å²) in [4.78, 5) is 32.9. The summed E-state index contributed by atoms with van der Waals surface area (Å²) in [5, 5.41) is 7.21. The lowest BCUT2D eigenvalue weighted by atomic mass is 10.0. The topological polar surface area (TPSA) is 105 Å². The lowest BCUT2D eigenvalue weighted by Crippen LogP contribution is -2.54. The van der Waals surface area contributed by atoms with Gasteiger partial charge in [0.05, 0.1) is 35.8 Å². The highest BCUT2D eigenvalue weighted by molar-refractivity contribution is 6.13. The molecule has 1 aliphatic heterocycles. The number of ether oxygens (including phenoxy) is 1. The van der Waals surface area contributed by atoms with E-state index in [1.807, 2.05) is 19.9 Å². The van der Waals surface area contributed by atoms with E-state index in [-0.39, 0.29) is 11.9 Å². The SMILES string of the molecule is COc1ncc2c(N3C[C@@H](C)N[C@@H](C)C3)ccc(C(=O)Nc3ncc(C)nc3C)c2n1. The summed E-state index contributed by atoms with van der Waals surface area (Å²) in [5.74, 6) is 0.124. The quantitative estimate of drug-likeness (QED) is 0.662. The monoisotopic (exact) mass is 421 g/mol. The zero-order chi connectivity index (χ0) is 22.1. The van der Waals surface area contributed by atoms with Crippen molar-refractivity contribution in [2.45, 2.75) is 39.8 Å². The molecule has 0 saturated carbocycles. The molecule has 0 aliphatic carbocycles. The number of fused-ring (bicyclic) bond motifs is 1. The number of nitrogens with one attached hydrogen (secondary N) is 2. The number of aryl methyl sites for hydroxylation is 2. The van der Waals surface area contributed by atoms with Crippen LogP contribution in [0.25, 0.3) is 10.9 Å². The van der Waals surface area contributed by atoms with Crippen LogP contribution in [0, 0.1) is 13.8 Å². The summed E-state index contributed by atoms with van der Waals surface area (Å²) in [6.07, 6.45) is 3.35. The van der Waals surface area contributed by atoms with Gasteiger partial charge in [-0.2, -0.15) is 4.98 Å².